The lowest BCUT2D eigenvalue weighted by atomic mass is 10.1. The molecular weight excluding hydrogens is 249 g/mol. The van der Waals surface area contributed by atoms with E-state index in [-0.39, 0.29) is 12.2 Å². The maximum Gasteiger partial charge on any atom is 0.419 e. The number of halogens is 3. The number of anilines is 1. The molecular formula is C11H13F3N2O2. The summed E-state index contributed by atoms with van der Waals surface area (Å²) in [6.07, 6.45) is -3.18. The van der Waals surface area contributed by atoms with Crippen LogP contribution >= 0.6 is 0 Å². The molecule has 1 aromatic heterocycles. The molecule has 1 N–H and O–H groups in total. The number of carboxylic acids is 1. The van der Waals surface area contributed by atoms with E-state index in [0.717, 1.165) is 11.0 Å². The van der Waals surface area contributed by atoms with Crippen molar-refractivity contribution in [3.05, 3.63) is 23.9 Å². The summed E-state index contributed by atoms with van der Waals surface area (Å²) in [6, 6.07) is 1.01. The van der Waals surface area contributed by atoms with Crippen molar-refractivity contribution in [2.24, 2.45) is 0 Å². The molecule has 0 saturated heterocycles. The Labute approximate surface area is 102 Å². The smallest absolute Gasteiger partial charge is 0.419 e. The highest BCUT2D eigenvalue weighted by atomic mass is 19.4. The fourth-order valence-electron chi connectivity index (χ4n) is 1.66. The summed E-state index contributed by atoms with van der Waals surface area (Å²) in [5.41, 5.74) is -0.938. The Morgan fingerprint density at radius 3 is 2.61 bits per heavy atom. The summed E-state index contributed by atoms with van der Waals surface area (Å²) < 4.78 is 38.3. The van der Waals surface area contributed by atoms with Gasteiger partial charge in [-0.3, -0.25) is 0 Å². The van der Waals surface area contributed by atoms with Gasteiger partial charge in [-0.15, -0.1) is 0 Å². The average molecular weight is 262 g/mol. The quantitative estimate of drug-likeness (QED) is 0.905. The predicted octanol–water partition coefficient (Wildman–Crippen LogP) is 2.40. The fraction of sp³-hybridized carbons (Fsp3) is 0.455. The minimum absolute atomic E-state index is 0.180. The van der Waals surface area contributed by atoms with E-state index in [1.165, 1.54) is 19.3 Å². The van der Waals surface area contributed by atoms with Crippen molar-refractivity contribution in [3.63, 3.8) is 0 Å². The van der Waals surface area contributed by atoms with Crippen LogP contribution in [0.4, 0.5) is 19.0 Å². The Morgan fingerprint density at radius 1 is 1.56 bits per heavy atom. The van der Waals surface area contributed by atoms with Crippen LogP contribution in [0.25, 0.3) is 0 Å². The standard InChI is InChI=1S/C11H13F3N2O2/c1-3-8(10(17)18)16(2)9-7(11(12,13)14)5-4-6-15-9/h4-6,8H,3H2,1-2H3,(H,17,18). The zero-order valence-corrected chi connectivity index (χ0v) is 9.90. The average Bonchev–Trinajstić information content (AvgIpc) is 2.28. The molecule has 18 heavy (non-hydrogen) atoms. The summed E-state index contributed by atoms with van der Waals surface area (Å²) in [6.45, 7) is 1.59. The Bertz CT molecular complexity index is 435. The Morgan fingerprint density at radius 2 is 2.17 bits per heavy atom. The molecule has 1 unspecified atom stereocenters. The Hall–Kier alpha value is -1.79. The van der Waals surface area contributed by atoms with E-state index in [9.17, 15) is 18.0 Å². The third kappa shape index (κ3) is 2.91. The minimum atomic E-state index is -4.56. The van der Waals surface area contributed by atoms with E-state index >= 15 is 0 Å². The van der Waals surface area contributed by atoms with E-state index in [1.807, 2.05) is 0 Å². The summed E-state index contributed by atoms with van der Waals surface area (Å²) in [7, 11) is 1.29. The normalized spacial score (nSPS) is 13.2. The summed E-state index contributed by atoms with van der Waals surface area (Å²) >= 11 is 0. The van der Waals surface area contributed by atoms with Crippen LogP contribution in [0, 0.1) is 0 Å². The molecule has 0 aliphatic heterocycles. The minimum Gasteiger partial charge on any atom is -0.480 e. The molecule has 7 heteroatoms. The Balaban J connectivity index is 3.21. The molecule has 0 aliphatic rings. The molecule has 0 bridgehead atoms. The van der Waals surface area contributed by atoms with Crippen LogP contribution < -0.4 is 4.90 Å². The van der Waals surface area contributed by atoms with Crippen molar-refractivity contribution >= 4 is 11.8 Å². The van der Waals surface area contributed by atoms with E-state index in [4.69, 9.17) is 5.11 Å². The number of likely N-dealkylation sites (N-methyl/N-ethyl adjacent to an activating group) is 1. The second-order valence-corrected chi connectivity index (χ2v) is 3.75. The van der Waals surface area contributed by atoms with Crippen LogP contribution in [-0.4, -0.2) is 29.1 Å². The van der Waals surface area contributed by atoms with Gasteiger partial charge in [-0.25, -0.2) is 9.78 Å². The predicted molar refractivity (Wildman–Crippen MR) is 59.4 cm³/mol. The van der Waals surface area contributed by atoms with Crippen molar-refractivity contribution in [2.75, 3.05) is 11.9 Å². The van der Waals surface area contributed by atoms with Gasteiger partial charge in [-0.05, 0) is 18.6 Å². The van der Waals surface area contributed by atoms with Gasteiger partial charge in [0.25, 0.3) is 0 Å². The first kappa shape index (κ1) is 14.3. The number of carboxylic acid groups (broad SMARTS) is 1. The first-order valence-corrected chi connectivity index (χ1v) is 5.26. The van der Waals surface area contributed by atoms with Gasteiger partial charge in [0.05, 0.1) is 5.56 Å². The molecule has 1 heterocycles. The highest BCUT2D eigenvalue weighted by Crippen LogP contribution is 2.35. The molecule has 1 aromatic rings. The molecule has 0 amide bonds. The highest BCUT2D eigenvalue weighted by Gasteiger charge is 2.36. The number of aromatic nitrogens is 1. The van der Waals surface area contributed by atoms with E-state index in [2.05, 4.69) is 4.98 Å². The van der Waals surface area contributed by atoms with Crippen LogP contribution in [-0.2, 0) is 11.0 Å². The second kappa shape index (κ2) is 5.24. The first-order chi connectivity index (χ1) is 8.29. The van der Waals surface area contributed by atoms with Gasteiger partial charge in [0.15, 0.2) is 0 Å². The van der Waals surface area contributed by atoms with Gasteiger partial charge in [0.1, 0.15) is 11.9 Å². The number of nitrogens with zero attached hydrogens (tertiary/aromatic N) is 2. The SMILES string of the molecule is CCC(C(=O)O)N(C)c1ncccc1C(F)(F)F. The van der Waals surface area contributed by atoms with E-state index in [1.54, 1.807) is 6.92 Å². The van der Waals surface area contributed by atoms with Crippen molar-refractivity contribution in [1.82, 2.24) is 4.98 Å². The number of carbonyl (C=O) groups is 1. The lowest BCUT2D eigenvalue weighted by Gasteiger charge is -2.27. The molecule has 0 radical (unpaired) electrons. The summed E-state index contributed by atoms with van der Waals surface area (Å²) in [4.78, 5) is 15.6. The molecule has 4 nitrogen and oxygen atoms in total. The molecule has 100 valence electrons. The molecule has 0 aliphatic carbocycles. The number of pyridine rings is 1. The van der Waals surface area contributed by atoms with Gasteiger partial charge in [0, 0.05) is 13.2 Å². The summed E-state index contributed by atoms with van der Waals surface area (Å²) in [5, 5.41) is 8.95. The number of rotatable bonds is 4. The van der Waals surface area contributed by atoms with Gasteiger partial charge in [-0.1, -0.05) is 6.92 Å². The molecule has 0 spiro atoms. The number of hydrogen-bond acceptors (Lipinski definition) is 3. The zero-order chi connectivity index (χ0) is 13.9. The van der Waals surface area contributed by atoms with Crippen molar-refractivity contribution in [3.8, 4) is 0 Å². The van der Waals surface area contributed by atoms with Crippen molar-refractivity contribution in [2.45, 2.75) is 25.6 Å². The van der Waals surface area contributed by atoms with Crippen molar-refractivity contribution in [1.29, 1.82) is 0 Å². The third-order valence-corrected chi connectivity index (χ3v) is 2.57. The molecule has 1 rings (SSSR count). The Kier molecular flexibility index (Phi) is 4.15. The highest BCUT2D eigenvalue weighted by molar-refractivity contribution is 5.77. The van der Waals surface area contributed by atoms with Crippen molar-refractivity contribution < 1.29 is 23.1 Å². The maximum atomic E-state index is 12.8. The lowest BCUT2D eigenvalue weighted by molar-refractivity contribution is -0.140. The van der Waals surface area contributed by atoms with Crippen LogP contribution in [0.15, 0.2) is 18.3 Å². The van der Waals surface area contributed by atoms with Crippen LogP contribution in [0.2, 0.25) is 0 Å². The zero-order valence-electron chi connectivity index (χ0n) is 9.90. The number of aliphatic carboxylic acids is 1. The van der Waals surface area contributed by atoms with Gasteiger partial charge >= 0.3 is 12.1 Å². The van der Waals surface area contributed by atoms with E-state index < -0.39 is 23.8 Å². The molecule has 0 fully saturated rings. The van der Waals surface area contributed by atoms with Crippen LogP contribution in [0.3, 0.4) is 0 Å². The monoisotopic (exact) mass is 262 g/mol. The van der Waals surface area contributed by atoms with Gasteiger partial charge in [-0.2, -0.15) is 13.2 Å². The maximum absolute atomic E-state index is 12.8. The molecule has 0 saturated carbocycles. The number of alkyl halides is 3. The summed E-state index contributed by atoms with van der Waals surface area (Å²) in [5.74, 6) is -1.56. The van der Waals surface area contributed by atoms with Crippen LogP contribution in [0.1, 0.15) is 18.9 Å². The molecule has 0 aromatic carbocycles. The topological polar surface area (TPSA) is 53.4 Å². The van der Waals surface area contributed by atoms with E-state index in [0.29, 0.717) is 0 Å². The third-order valence-electron chi connectivity index (χ3n) is 2.57. The van der Waals surface area contributed by atoms with Gasteiger partial charge in [0.2, 0.25) is 0 Å². The first-order valence-electron chi connectivity index (χ1n) is 5.26. The van der Waals surface area contributed by atoms with Gasteiger partial charge < -0.3 is 10.0 Å². The van der Waals surface area contributed by atoms with Crippen LogP contribution in [0.5, 0.6) is 0 Å². The number of hydrogen-bond donors (Lipinski definition) is 1. The second-order valence-electron chi connectivity index (χ2n) is 3.75. The lowest BCUT2D eigenvalue weighted by Crippen LogP contribution is -2.39. The fourth-order valence-corrected chi connectivity index (χ4v) is 1.66. The largest absolute Gasteiger partial charge is 0.480 e. The molecule has 1 atom stereocenters.